The Kier molecular flexibility index (Phi) is 4.96. The Morgan fingerprint density at radius 2 is 2.09 bits per heavy atom. The van der Waals surface area contributed by atoms with Gasteiger partial charge in [-0.05, 0) is 30.5 Å². The smallest absolute Gasteiger partial charge is 0.253 e. The van der Waals surface area contributed by atoms with E-state index < -0.39 is 5.82 Å². The second kappa shape index (κ2) is 6.94. The quantitative estimate of drug-likeness (QED) is 0.854. The summed E-state index contributed by atoms with van der Waals surface area (Å²) in [6.07, 6.45) is 1.13. The first-order chi connectivity index (χ1) is 10.6. The van der Waals surface area contributed by atoms with Gasteiger partial charge in [-0.25, -0.2) is 4.39 Å². The zero-order chi connectivity index (χ0) is 15.5. The molecule has 1 unspecified atom stereocenters. The van der Waals surface area contributed by atoms with Crippen molar-refractivity contribution in [2.45, 2.75) is 6.42 Å². The molecule has 1 aromatic rings. The van der Waals surface area contributed by atoms with E-state index >= 15 is 0 Å². The summed E-state index contributed by atoms with van der Waals surface area (Å²) in [5.41, 5.74) is 0.448. The summed E-state index contributed by atoms with van der Waals surface area (Å²) in [6, 6.07) is 4.14. The lowest BCUT2D eigenvalue weighted by Gasteiger charge is -2.35. The van der Waals surface area contributed by atoms with Crippen molar-refractivity contribution in [3.63, 3.8) is 0 Å². The molecule has 22 heavy (non-hydrogen) atoms. The molecule has 1 atom stereocenters. The number of carbonyl (C=O) groups is 1. The molecule has 1 amide bonds. The average molecular weight is 327 g/mol. The van der Waals surface area contributed by atoms with Crippen molar-refractivity contribution in [3.8, 4) is 0 Å². The van der Waals surface area contributed by atoms with E-state index in [-0.39, 0.29) is 10.9 Å². The van der Waals surface area contributed by atoms with Crippen LogP contribution in [0.5, 0.6) is 0 Å². The third-order valence-corrected chi connectivity index (χ3v) is 4.66. The van der Waals surface area contributed by atoms with Crippen molar-refractivity contribution >= 4 is 17.5 Å². The molecule has 0 N–H and O–H groups in total. The normalized spacial score (nSPS) is 23.0. The van der Waals surface area contributed by atoms with Crippen molar-refractivity contribution < 1.29 is 13.9 Å². The summed E-state index contributed by atoms with van der Waals surface area (Å²) in [7, 11) is 0. The van der Waals surface area contributed by atoms with Gasteiger partial charge in [0.1, 0.15) is 5.82 Å². The maximum Gasteiger partial charge on any atom is 0.253 e. The molecule has 0 radical (unpaired) electrons. The highest BCUT2D eigenvalue weighted by atomic mass is 35.5. The SMILES string of the molecule is O=C(c1ccc(F)c(Cl)c1)N1CCN(CC2CCOC2)CC1. The largest absolute Gasteiger partial charge is 0.381 e. The maximum atomic E-state index is 13.2. The lowest BCUT2D eigenvalue weighted by molar-refractivity contribution is 0.0611. The van der Waals surface area contributed by atoms with E-state index in [1.165, 1.54) is 18.2 Å². The predicted octanol–water partition coefficient (Wildman–Crippen LogP) is 2.27. The van der Waals surface area contributed by atoms with E-state index in [1.54, 1.807) is 0 Å². The Bertz CT molecular complexity index is 541. The highest BCUT2D eigenvalue weighted by molar-refractivity contribution is 6.31. The van der Waals surface area contributed by atoms with Gasteiger partial charge in [-0.1, -0.05) is 11.6 Å². The van der Waals surface area contributed by atoms with Crippen LogP contribution in [0.25, 0.3) is 0 Å². The van der Waals surface area contributed by atoms with Crippen molar-refractivity contribution in [2.75, 3.05) is 45.9 Å². The second-order valence-corrected chi connectivity index (χ2v) is 6.36. The van der Waals surface area contributed by atoms with Crippen LogP contribution in [-0.2, 0) is 4.74 Å². The van der Waals surface area contributed by atoms with E-state index in [1.807, 2.05) is 4.90 Å². The van der Waals surface area contributed by atoms with Gasteiger partial charge in [-0.3, -0.25) is 9.69 Å². The number of hydrogen-bond donors (Lipinski definition) is 0. The van der Waals surface area contributed by atoms with Gasteiger partial charge in [0.2, 0.25) is 0 Å². The molecule has 0 saturated carbocycles. The molecule has 0 bridgehead atoms. The summed E-state index contributed by atoms with van der Waals surface area (Å²) in [4.78, 5) is 16.6. The number of nitrogens with zero attached hydrogens (tertiary/aromatic N) is 2. The number of ether oxygens (including phenoxy) is 1. The van der Waals surface area contributed by atoms with E-state index in [4.69, 9.17) is 16.3 Å². The fraction of sp³-hybridized carbons (Fsp3) is 0.562. The maximum absolute atomic E-state index is 13.2. The summed E-state index contributed by atoms with van der Waals surface area (Å²) < 4.78 is 18.6. The molecule has 0 aromatic heterocycles. The molecule has 6 heteroatoms. The molecule has 1 aromatic carbocycles. The first-order valence-corrected chi connectivity index (χ1v) is 8.05. The van der Waals surface area contributed by atoms with Gasteiger partial charge in [0.25, 0.3) is 5.91 Å². The van der Waals surface area contributed by atoms with Crippen LogP contribution in [0.2, 0.25) is 5.02 Å². The van der Waals surface area contributed by atoms with Gasteiger partial charge in [0.05, 0.1) is 11.6 Å². The third kappa shape index (κ3) is 3.59. The lowest BCUT2D eigenvalue weighted by Crippen LogP contribution is -2.49. The van der Waals surface area contributed by atoms with E-state index in [0.29, 0.717) is 24.6 Å². The van der Waals surface area contributed by atoms with Gasteiger partial charge in [0, 0.05) is 44.9 Å². The number of amides is 1. The number of piperazine rings is 1. The van der Waals surface area contributed by atoms with Crippen molar-refractivity contribution in [1.29, 1.82) is 0 Å². The molecule has 2 saturated heterocycles. The van der Waals surface area contributed by atoms with Crippen LogP contribution in [0.1, 0.15) is 16.8 Å². The second-order valence-electron chi connectivity index (χ2n) is 5.95. The van der Waals surface area contributed by atoms with Crippen LogP contribution in [-0.4, -0.2) is 61.6 Å². The van der Waals surface area contributed by atoms with E-state index in [9.17, 15) is 9.18 Å². The molecule has 3 rings (SSSR count). The summed E-state index contributed by atoms with van der Waals surface area (Å²) in [5, 5.41) is -0.00859. The zero-order valence-electron chi connectivity index (χ0n) is 12.4. The molecule has 120 valence electrons. The predicted molar refractivity (Wildman–Crippen MR) is 82.7 cm³/mol. The number of hydrogen-bond acceptors (Lipinski definition) is 3. The van der Waals surface area contributed by atoms with Gasteiger partial charge < -0.3 is 9.64 Å². The minimum absolute atomic E-state index is 0.00859. The van der Waals surface area contributed by atoms with Gasteiger partial charge >= 0.3 is 0 Å². The molecular formula is C16H20ClFN2O2. The molecule has 2 aliphatic heterocycles. The zero-order valence-corrected chi connectivity index (χ0v) is 13.2. The van der Waals surface area contributed by atoms with E-state index in [0.717, 1.165) is 39.3 Å². The lowest BCUT2D eigenvalue weighted by atomic mass is 10.1. The Hall–Kier alpha value is -1.17. The highest BCUT2D eigenvalue weighted by Gasteiger charge is 2.25. The molecule has 2 fully saturated rings. The van der Waals surface area contributed by atoms with Crippen LogP contribution in [0, 0.1) is 11.7 Å². The topological polar surface area (TPSA) is 32.8 Å². The standard InChI is InChI=1S/C16H20ClFN2O2/c17-14-9-13(1-2-15(14)18)16(21)20-6-4-19(5-7-20)10-12-3-8-22-11-12/h1-2,9,12H,3-8,10-11H2. The van der Waals surface area contributed by atoms with Crippen molar-refractivity contribution in [2.24, 2.45) is 5.92 Å². The minimum atomic E-state index is -0.498. The fourth-order valence-corrected chi connectivity index (χ4v) is 3.22. The first-order valence-electron chi connectivity index (χ1n) is 7.68. The Labute approximate surface area is 134 Å². The third-order valence-electron chi connectivity index (χ3n) is 4.37. The van der Waals surface area contributed by atoms with Crippen molar-refractivity contribution in [1.82, 2.24) is 9.80 Å². The molecule has 4 nitrogen and oxygen atoms in total. The van der Waals surface area contributed by atoms with Gasteiger partial charge in [-0.15, -0.1) is 0 Å². The van der Waals surface area contributed by atoms with Crippen LogP contribution in [0.3, 0.4) is 0 Å². The number of benzene rings is 1. The number of halogens is 2. The van der Waals surface area contributed by atoms with Gasteiger partial charge in [-0.2, -0.15) is 0 Å². The van der Waals surface area contributed by atoms with Crippen LogP contribution < -0.4 is 0 Å². The van der Waals surface area contributed by atoms with Crippen molar-refractivity contribution in [3.05, 3.63) is 34.6 Å². The average Bonchev–Trinajstić information content (AvgIpc) is 3.03. The first kappa shape index (κ1) is 15.7. The summed E-state index contributed by atoms with van der Waals surface area (Å²) in [5.74, 6) is 0.0470. The fourth-order valence-electron chi connectivity index (χ4n) is 3.04. The summed E-state index contributed by atoms with van der Waals surface area (Å²) in [6.45, 7) is 5.91. The molecule has 0 spiro atoms. The monoisotopic (exact) mass is 326 g/mol. The number of carbonyl (C=O) groups excluding carboxylic acids is 1. The van der Waals surface area contributed by atoms with E-state index in [2.05, 4.69) is 4.90 Å². The Morgan fingerprint density at radius 1 is 1.32 bits per heavy atom. The molecule has 2 aliphatic rings. The van der Waals surface area contributed by atoms with Crippen LogP contribution in [0.15, 0.2) is 18.2 Å². The molecular weight excluding hydrogens is 307 g/mol. The molecule has 2 heterocycles. The molecule has 0 aliphatic carbocycles. The minimum Gasteiger partial charge on any atom is -0.381 e. The number of rotatable bonds is 3. The van der Waals surface area contributed by atoms with Crippen LogP contribution >= 0.6 is 11.6 Å². The Morgan fingerprint density at radius 3 is 2.73 bits per heavy atom. The van der Waals surface area contributed by atoms with Gasteiger partial charge in [0.15, 0.2) is 0 Å². The Balaban J connectivity index is 1.53. The summed E-state index contributed by atoms with van der Waals surface area (Å²) >= 11 is 5.75. The van der Waals surface area contributed by atoms with Crippen LogP contribution in [0.4, 0.5) is 4.39 Å². The highest BCUT2D eigenvalue weighted by Crippen LogP contribution is 2.19.